The van der Waals surface area contributed by atoms with Gasteiger partial charge >= 0.3 is 12.1 Å². The Morgan fingerprint density at radius 3 is 2.38 bits per heavy atom. The lowest BCUT2D eigenvalue weighted by molar-refractivity contribution is 0.116. The molecule has 0 aliphatic heterocycles. The number of aryl methyl sites for hydroxylation is 1. The highest BCUT2D eigenvalue weighted by Gasteiger charge is 2.19. The van der Waals surface area contributed by atoms with E-state index in [1.165, 1.54) is 33.4 Å². The highest BCUT2D eigenvalue weighted by Crippen LogP contribution is 2.27. The number of rotatable bonds is 5. The fraction of sp³-hybridized carbons (Fsp3) is 0.125. The summed E-state index contributed by atoms with van der Waals surface area (Å²) in [7, 11) is 1.61. The molecule has 0 aliphatic carbocycles. The summed E-state index contributed by atoms with van der Waals surface area (Å²) in [6, 6.07) is 15.3. The maximum absolute atomic E-state index is 14.9. The van der Waals surface area contributed by atoms with Gasteiger partial charge in [0.15, 0.2) is 0 Å². The zero-order valence-electron chi connectivity index (χ0n) is 17.7. The Hall–Kier alpha value is -4.21. The van der Waals surface area contributed by atoms with E-state index < -0.39 is 18.1 Å². The Balaban J connectivity index is 1.53. The maximum atomic E-state index is 14.9. The first-order chi connectivity index (χ1) is 16.3. The minimum atomic E-state index is -2.93. The molecule has 34 heavy (non-hydrogen) atoms. The standard InChI is InChI=1S/C24H16F4N4O2/c1-31-19-8-7-14(13-3-2-4-17(25)9-13)11-20(19)32(24(31)33)12-16-6-5-15(10-18(16)26)22-29-30-23(34-22)21(27)28/h2-11,21H,12H2,1H3. The lowest BCUT2D eigenvalue weighted by atomic mass is 10.0. The molecule has 10 heteroatoms. The third-order valence-electron chi connectivity index (χ3n) is 5.56. The first-order valence-corrected chi connectivity index (χ1v) is 10.2. The van der Waals surface area contributed by atoms with Crippen molar-refractivity contribution in [3.05, 3.63) is 94.2 Å². The Morgan fingerprint density at radius 2 is 1.68 bits per heavy atom. The predicted molar refractivity (Wildman–Crippen MR) is 116 cm³/mol. The maximum Gasteiger partial charge on any atom is 0.329 e. The van der Waals surface area contributed by atoms with E-state index in [0.717, 1.165) is 6.07 Å². The summed E-state index contributed by atoms with van der Waals surface area (Å²) >= 11 is 0. The molecule has 0 radical (unpaired) electrons. The van der Waals surface area contributed by atoms with Crippen LogP contribution >= 0.6 is 0 Å². The molecule has 0 spiro atoms. The number of benzene rings is 3. The quantitative estimate of drug-likeness (QED) is 0.328. The minimum Gasteiger partial charge on any atom is -0.415 e. The van der Waals surface area contributed by atoms with Crippen LogP contribution in [0.25, 0.3) is 33.6 Å². The van der Waals surface area contributed by atoms with E-state index in [2.05, 4.69) is 10.2 Å². The van der Waals surface area contributed by atoms with Crippen molar-refractivity contribution < 1.29 is 22.0 Å². The van der Waals surface area contributed by atoms with E-state index >= 15 is 0 Å². The molecule has 0 unspecified atom stereocenters. The van der Waals surface area contributed by atoms with E-state index in [0.29, 0.717) is 22.2 Å². The molecule has 0 amide bonds. The number of hydrogen-bond donors (Lipinski definition) is 0. The van der Waals surface area contributed by atoms with Gasteiger partial charge in [-0.3, -0.25) is 9.13 Å². The Kier molecular flexibility index (Phi) is 5.27. The van der Waals surface area contributed by atoms with Gasteiger partial charge in [-0.2, -0.15) is 8.78 Å². The lowest BCUT2D eigenvalue weighted by Crippen LogP contribution is -2.23. The van der Waals surface area contributed by atoms with Crippen molar-refractivity contribution in [3.63, 3.8) is 0 Å². The first kappa shape index (κ1) is 21.6. The SMILES string of the molecule is Cn1c(=O)n(Cc2ccc(-c3nnc(C(F)F)o3)cc2F)c2cc(-c3cccc(F)c3)ccc21. The predicted octanol–water partition coefficient (Wildman–Crippen LogP) is 5.32. The lowest BCUT2D eigenvalue weighted by Gasteiger charge is -2.08. The average Bonchev–Trinajstić information content (AvgIpc) is 3.40. The van der Waals surface area contributed by atoms with Crippen molar-refractivity contribution >= 4 is 11.0 Å². The number of imidazole rings is 1. The summed E-state index contributed by atoms with van der Waals surface area (Å²) in [6.45, 7) is -0.0823. The Morgan fingerprint density at radius 1 is 0.912 bits per heavy atom. The molecule has 6 nitrogen and oxygen atoms in total. The highest BCUT2D eigenvalue weighted by atomic mass is 19.3. The second kappa shape index (κ2) is 8.29. The van der Waals surface area contributed by atoms with Crippen LogP contribution in [-0.2, 0) is 13.6 Å². The van der Waals surface area contributed by atoms with Crippen molar-refractivity contribution in [1.82, 2.24) is 19.3 Å². The van der Waals surface area contributed by atoms with Gasteiger partial charge in [-0.1, -0.05) is 24.3 Å². The molecule has 0 fully saturated rings. The zero-order valence-corrected chi connectivity index (χ0v) is 17.7. The number of nitrogens with zero attached hydrogens (tertiary/aromatic N) is 4. The molecule has 3 aromatic carbocycles. The van der Waals surface area contributed by atoms with Crippen LogP contribution in [0.1, 0.15) is 17.9 Å². The largest absolute Gasteiger partial charge is 0.415 e. The molecule has 0 N–H and O–H groups in total. The van der Waals surface area contributed by atoms with Gasteiger partial charge in [0.05, 0.1) is 17.6 Å². The molecule has 0 saturated carbocycles. The second-order valence-corrected chi connectivity index (χ2v) is 7.69. The molecule has 2 aromatic heterocycles. The van der Waals surface area contributed by atoms with Crippen LogP contribution in [0.2, 0.25) is 0 Å². The van der Waals surface area contributed by atoms with Gasteiger partial charge < -0.3 is 4.42 Å². The fourth-order valence-electron chi connectivity index (χ4n) is 3.83. The molecule has 2 heterocycles. The van der Waals surface area contributed by atoms with Gasteiger partial charge in [0.2, 0.25) is 5.89 Å². The summed E-state index contributed by atoms with van der Waals surface area (Å²) in [5.41, 5.74) is 2.51. The molecule has 5 aromatic rings. The van der Waals surface area contributed by atoms with Gasteiger partial charge in [0.1, 0.15) is 11.6 Å². The van der Waals surface area contributed by atoms with Gasteiger partial charge in [-0.25, -0.2) is 13.6 Å². The molecular formula is C24H16F4N4O2. The minimum absolute atomic E-state index is 0.0823. The van der Waals surface area contributed by atoms with Crippen LogP contribution in [0.15, 0.2) is 69.9 Å². The highest BCUT2D eigenvalue weighted by molar-refractivity contribution is 5.82. The summed E-state index contributed by atoms with van der Waals surface area (Å²) in [6.07, 6.45) is -2.93. The number of halogens is 4. The van der Waals surface area contributed by atoms with Crippen molar-refractivity contribution in [1.29, 1.82) is 0 Å². The van der Waals surface area contributed by atoms with E-state index in [9.17, 15) is 22.4 Å². The van der Waals surface area contributed by atoms with Crippen LogP contribution in [0, 0.1) is 11.6 Å². The smallest absolute Gasteiger partial charge is 0.329 e. The monoisotopic (exact) mass is 468 g/mol. The van der Waals surface area contributed by atoms with Crippen molar-refractivity contribution in [2.75, 3.05) is 0 Å². The Bertz CT molecular complexity index is 1590. The molecule has 5 rings (SSSR count). The third kappa shape index (κ3) is 3.76. The van der Waals surface area contributed by atoms with Crippen molar-refractivity contribution in [3.8, 4) is 22.6 Å². The van der Waals surface area contributed by atoms with E-state index in [4.69, 9.17) is 4.42 Å². The molecule has 0 saturated heterocycles. The van der Waals surface area contributed by atoms with Crippen LogP contribution in [0.3, 0.4) is 0 Å². The molecular weight excluding hydrogens is 452 g/mol. The first-order valence-electron chi connectivity index (χ1n) is 10.2. The fourth-order valence-corrected chi connectivity index (χ4v) is 3.83. The van der Waals surface area contributed by atoms with Crippen LogP contribution in [0.4, 0.5) is 17.6 Å². The van der Waals surface area contributed by atoms with Crippen LogP contribution < -0.4 is 5.69 Å². The van der Waals surface area contributed by atoms with Gasteiger partial charge in [-0.05, 0) is 47.5 Å². The van der Waals surface area contributed by atoms with Gasteiger partial charge in [0.25, 0.3) is 5.89 Å². The molecule has 0 atom stereocenters. The summed E-state index contributed by atoms with van der Waals surface area (Å²) in [5.74, 6) is -2.13. The normalized spacial score (nSPS) is 11.6. The molecule has 0 bridgehead atoms. The van der Waals surface area contributed by atoms with Crippen molar-refractivity contribution in [2.45, 2.75) is 13.0 Å². The molecule has 172 valence electrons. The number of alkyl halides is 2. The Labute approximate surface area is 189 Å². The summed E-state index contributed by atoms with van der Waals surface area (Å²) in [4.78, 5) is 12.9. The number of hydrogen-bond acceptors (Lipinski definition) is 4. The van der Waals surface area contributed by atoms with E-state index in [1.807, 2.05) is 0 Å². The number of fused-ring (bicyclic) bond motifs is 1. The number of aromatic nitrogens is 4. The van der Waals surface area contributed by atoms with E-state index in [1.54, 1.807) is 37.4 Å². The van der Waals surface area contributed by atoms with Crippen LogP contribution in [-0.4, -0.2) is 19.3 Å². The second-order valence-electron chi connectivity index (χ2n) is 7.69. The van der Waals surface area contributed by atoms with Crippen molar-refractivity contribution in [2.24, 2.45) is 7.05 Å². The average molecular weight is 468 g/mol. The zero-order chi connectivity index (χ0) is 24.0. The summed E-state index contributed by atoms with van der Waals surface area (Å²) in [5, 5.41) is 6.76. The molecule has 0 aliphatic rings. The third-order valence-corrected chi connectivity index (χ3v) is 5.56. The topological polar surface area (TPSA) is 65.8 Å². The van der Waals surface area contributed by atoms with E-state index in [-0.39, 0.29) is 35.1 Å². The van der Waals surface area contributed by atoms with Crippen LogP contribution in [0.5, 0.6) is 0 Å². The summed E-state index contributed by atoms with van der Waals surface area (Å²) < 4.78 is 61.7. The van der Waals surface area contributed by atoms with Gasteiger partial charge in [-0.15, -0.1) is 10.2 Å². The van der Waals surface area contributed by atoms with Gasteiger partial charge in [0, 0.05) is 18.2 Å².